The third kappa shape index (κ3) is 1.74. The van der Waals surface area contributed by atoms with Gasteiger partial charge in [0.05, 0.1) is 11.2 Å². The van der Waals surface area contributed by atoms with E-state index in [0.29, 0.717) is 0 Å². The monoisotopic (exact) mass is 231 g/mol. The maximum absolute atomic E-state index is 11.7. The van der Waals surface area contributed by atoms with Crippen molar-refractivity contribution in [2.75, 3.05) is 7.05 Å². The number of rotatable bonds is 3. The molecule has 0 aromatic carbocycles. The molecule has 90 valence electrons. The topological polar surface area (TPSA) is 46.4 Å². The van der Waals surface area contributed by atoms with Gasteiger partial charge in [-0.2, -0.15) is 5.10 Å². The highest BCUT2D eigenvalue weighted by atomic mass is 16.1. The van der Waals surface area contributed by atoms with E-state index in [1.54, 1.807) is 13.1 Å². The van der Waals surface area contributed by atoms with Crippen LogP contribution in [-0.4, -0.2) is 22.4 Å². The largest absolute Gasteiger partial charge is 0.312 e. The Hall–Kier alpha value is -1.68. The zero-order valence-electron chi connectivity index (χ0n) is 10.6. The van der Waals surface area contributed by atoms with Crippen LogP contribution in [0.25, 0.3) is 5.52 Å². The Morgan fingerprint density at radius 2 is 2.24 bits per heavy atom. The fourth-order valence-corrected chi connectivity index (χ4v) is 2.32. The number of carbonyl (C=O) groups excluding carboxylic acids is 1. The quantitative estimate of drug-likeness (QED) is 0.823. The van der Waals surface area contributed by atoms with Crippen LogP contribution in [0.4, 0.5) is 0 Å². The number of nitrogens with zero attached hydrogens (tertiary/aromatic N) is 2. The third-order valence-corrected chi connectivity index (χ3v) is 3.19. The second-order valence-corrected chi connectivity index (χ2v) is 4.27. The number of hydrogen-bond donors (Lipinski definition) is 1. The summed E-state index contributed by atoms with van der Waals surface area (Å²) >= 11 is 0. The first-order valence-corrected chi connectivity index (χ1v) is 5.72. The summed E-state index contributed by atoms with van der Waals surface area (Å²) in [5.74, 6) is 0.0857. The summed E-state index contributed by atoms with van der Waals surface area (Å²) in [5.41, 5.74) is 3.72. The molecule has 1 unspecified atom stereocenters. The highest BCUT2D eigenvalue weighted by Gasteiger charge is 2.21. The van der Waals surface area contributed by atoms with Gasteiger partial charge >= 0.3 is 0 Å². The molecule has 2 heterocycles. The first-order valence-electron chi connectivity index (χ1n) is 5.72. The van der Waals surface area contributed by atoms with Gasteiger partial charge in [0.1, 0.15) is 0 Å². The first kappa shape index (κ1) is 11.8. The summed E-state index contributed by atoms with van der Waals surface area (Å²) in [5, 5.41) is 7.53. The van der Waals surface area contributed by atoms with E-state index in [4.69, 9.17) is 0 Å². The van der Waals surface area contributed by atoms with Crippen LogP contribution in [0.1, 0.15) is 41.5 Å². The summed E-state index contributed by atoms with van der Waals surface area (Å²) in [6, 6.07) is 3.95. The molecule has 2 rings (SSSR count). The lowest BCUT2D eigenvalue weighted by atomic mass is 10.1. The van der Waals surface area contributed by atoms with Crippen molar-refractivity contribution in [2.45, 2.75) is 26.8 Å². The maximum Gasteiger partial charge on any atom is 0.162 e. The number of fused-ring (bicyclic) bond motifs is 1. The van der Waals surface area contributed by atoms with Gasteiger partial charge in [0.15, 0.2) is 5.78 Å². The lowest BCUT2D eigenvalue weighted by Crippen LogP contribution is -2.16. The standard InChI is InChI=1S/C13H17N3O/c1-8-12(10(3)17)11-6-5-7-15-16(11)13(8)9(2)14-4/h5-7,9,14H,1-4H3. The summed E-state index contributed by atoms with van der Waals surface area (Å²) in [4.78, 5) is 11.7. The highest BCUT2D eigenvalue weighted by molar-refractivity contribution is 6.02. The van der Waals surface area contributed by atoms with Crippen LogP contribution in [0, 0.1) is 6.92 Å². The Morgan fingerprint density at radius 3 is 2.82 bits per heavy atom. The number of hydrogen-bond acceptors (Lipinski definition) is 3. The fourth-order valence-electron chi connectivity index (χ4n) is 2.32. The van der Waals surface area contributed by atoms with E-state index >= 15 is 0 Å². The maximum atomic E-state index is 11.7. The third-order valence-electron chi connectivity index (χ3n) is 3.19. The smallest absolute Gasteiger partial charge is 0.162 e. The van der Waals surface area contributed by atoms with Crippen LogP contribution in [0.3, 0.4) is 0 Å². The molecule has 0 saturated carbocycles. The molecule has 4 nitrogen and oxygen atoms in total. The summed E-state index contributed by atoms with van der Waals surface area (Å²) in [6.07, 6.45) is 1.74. The van der Waals surface area contributed by atoms with Crippen molar-refractivity contribution in [1.82, 2.24) is 14.9 Å². The van der Waals surface area contributed by atoms with Gasteiger partial charge in [-0.15, -0.1) is 0 Å². The zero-order valence-corrected chi connectivity index (χ0v) is 10.6. The first-order chi connectivity index (χ1) is 8.07. The summed E-state index contributed by atoms with van der Waals surface area (Å²) in [7, 11) is 1.90. The van der Waals surface area contributed by atoms with Crippen LogP contribution in [0.5, 0.6) is 0 Å². The van der Waals surface area contributed by atoms with Crippen molar-refractivity contribution in [3.05, 3.63) is 35.2 Å². The molecular weight excluding hydrogens is 214 g/mol. The number of ketones is 1. The number of aromatic nitrogens is 2. The average molecular weight is 231 g/mol. The molecule has 2 aromatic heterocycles. The Bertz CT molecular complexity index is 571. The average Bonchev–Trinajstić information content (AvgIpc) is 2.60. The molecule has 17 heavy (non-hydrogen) atoms. The lowest BCUT2D eigenvalue weighted by molar-refractivity contribution is 0.101. The Kier molecular flexibility index (Phi) is 2.98. The second kappa shape index (κ2) is 4.30. The Balaban J connectivity index is 2.84. The molecule has 4 heteroatoms. The van der Waals surface area contributed by atoms with Gasteiger partial charge in [0.25, 0.3) is 0 Å². The minimum atomic E-state index is 0.0857. The summed E-state index contributed by atoms with van der Waals surface area (Å²) < 4.78 is 1.85. The molecule has 0 amide bonds. The number of carbonyl (C=O) groups is 1. The van der Waals surface area contributed by atoms with Gasteiger partial charge < -0.3 is 5.32 Å². The van der Waals surface area contributed by atoms with Gasteiger partial charge in [-0.25, -0.2) is 4.52 Å². The minimum absolute atomic E-state index is 0.0857. The second-order valence-electron chi connectivity index (χ2n) is 4.27. The molecule has 0 aliphatic heterocycles. The SMILES string of the molecule is CNC(C)c1c(C)c(C(C)=O)c2cccnn12. The molecule has 1 N–H and O–H groups in total. The molecule has 0 aliphatic rings. The lowest BCUT2D eigenvalue weighted by Gasteiger charge is -2.11. The van der Waals surface area contributed by atoms with E-state index in [1.165, 1.54) is 0 Å². The van der Waals surface area contributed by atoms with E-state index in [9.17, 15) is 4.79 Å². The molecular formula is C13H17N3O. The predicted molar refractivity (Wildman–Crippen MR) is 67.4 cm³/mol. The van der Waals surface area contributed by atoms with E-state index in [2.05, 4.69) is 17.3 Å². The van der Waals surface area contributed by atoms with Gasteiger partial charge in [-0.3, -0.25) is 4.79 Å². The van der Waals surface area contributed by atoms with E-state index in [0.717, 1.165) is 22.3 Å². The van der Waals surface area contributed by atoms with Crippen LogP contribution in [-0.2, 0) is 0 Å². The van der Waals surface area contributed by atoms with Gasteiger partial charge in [0, 0.05) is 17.8 Å². The van der Waals surface area contributed by atoms with Crippen LogP contribution >= 0.6 is 0 Å². The number of Topliss-reactive ketones (excluding diaryl/α,β-unsaturated/α-hetero) is 1. The summed E-state index contributed by atoms with van der Waals surface area (Å²) in [6.45, 7) is 5.64. The van der Waals surface area contributed by atoms with Crippen molar-refractivity contribution in [3.8, 4) is 0 Å². The Labute approximate surface area is 101 Å². The molecule has 0 bridgehead atoms. The minimum Gasteiger partial charge on any atom is -0.312 e. The molecule has 0 radical (unpaired) electrons. The van der Waals surface area contributed by atoms with Crippen LogP contribution < -0.4 is 5.32 Å². The molecule has 0 saturated heterocycles. The molecule has 0 aliphatic carbocycles. The van der Waals surface area contributed by atoms with Crippen LogP contribution in [0.15, 0.2) is 18.3 Å². The predicted octanol–water partition coefficient (Wildman–Crippen LogP) is 2.13. The Morgan fingerprint density at radius 1 is 1.53 bits per heavy atom. The van der Waals surface area contributed by atoms with Crippen molar-refractivity contribution in [3.63, 3.8) is 0 Å². The van der Waals surface area contributed by atoms with Gasteiger partial charge in [-0.05, 0) is 45.5 Å². The zero-order chi connectivity index (χ0) is 12.6. The van der Waals surface area contributed by atoms with Gasteiger partial charge in [-0.1, -0.05) is 0 Å². The molecule has 1 atom stereocenters. The highest BCUT2D eigenvalue weighted by Crippen LogP contribution is 2.26. The van der Waals surface area contributed by atoms with E-state index < -0.39 is 0 Å². The van der Waals surface area contributed by atoms with Crippen LogP contribution in [0.2, 0.25) is 0 Å². The van der Waals surface area contributed by atoms with Crippen molar-refractivity contribution in [2.24, 2.45) is 0 Å². The number of nitrogens with one attached hydrogen (secondary N) is 1. The molecule has 0 fully saturated rings. The van der Waals surface area contributed by atoms with Crippen molar-refractivity contribution in [1.29, 1.82) is 0 Å². The van der Waals surface area contributed by atoms with Crippen molar-refractivity contribution >= 4 is 11.3 Å². The van der Waals surface area contributed by atoms with Gasteiger partial charge in [0.2, 0.25) is 0 Å². The van der Waals surface area contributed by atoms with E-state index in [1.807, 2.05) is 30.6 Å². The molecule has 0 spiro atoms. The van der Waals surface area contributed by atoms with Crippen molar-refractivity contribution < 1.29 is 4.79 Å². The normalized spacial score (nSPS) is 12.9. The molecule has 2 aromatic rings. The fraction of sp³-hybridized carbons (Fsp3) is 0.385. The van der Waals surface area contributed by atoms with E-state index in [-0.39, 0.29) is 11.8 Å².